The van der Waals surface area contributed by atoms with Crippen molar-refractivity contribution in [2.45, 2.75) is 18.9 Å². The predicted molar refractivity (Wildman–Crippen MR) is 39.8 cm³/mol. The highest BCUT2D eigenvalue weighted by Gasteiger charge is 2.52. The molecule has 1 spiro atoms. The van der Waals surface area contributed by atoms with Crippen LogP contribution in [0, 0.1) is 5.41 Å². The summed E-state index contributed by atoms with van der Waals surface area (Å²) in [6, 6.07) is 0.525. The molecule has 0 amide bonds. The van der Waals surface area contributed by atoms with Gasteiger partial charge in [-0.05, 0) is 19.4 Å². The van der Waals surface area contributed by atoms with Crippen molar-refractivity contribution in [2.24, 2.45) is 11.1 Å². The summed E-state index contributed by atoms with van der Waals surface area (Å²) in [6.45, 7) is 2.36. The summed E-state index contributed by atoms with van der Waals surface area (Å²) < 4.78 is 0. The second kappa shape index (κ2) is 2.11. The fourth-order valence-electron chi connectivity index (χ4n) is 1.63. The van der Waals surface area contributed by atoms with Crippen molar-refractivity contribution in [1.29, 1.82) is 0 Å². The zero-order valence-electron chi connectivity index (χ0n) is 5.39. The molecule has 2 nitrogen and oxygen atoms in total. The van der Waals surface area contributed by atoms with Crippen LogP contribution in [0.3, 0.4) is 0 Å². The van der Waals surface area contributed by atoms with Crippen LogP contribution in [0.5, 0.6) is 0 Å². The van der Waals surface area contributed by atoms with E-state index in [1.807, 2.05) is 0 Å². The van der Waals surface area contributed by atoms with E-state index >= 15 is 0 Å². The molecule has 0 unspecified atom stereocenters. The second-order valence-corrected chi connectivity index (χ2v) is 3.10. The molecular weight excluding hydrogens is 136 g/mol. The summed E-state index contributed by atoms with van der Waals surface area (Å²) in [5.74, 6) is 0. The van der Waals surface area contributed by atoms with E-state index in [1.165, 1.54) is 25.9 Å². The van der Waals surface area contributed by atoms with Crippen molar-refractivity contribution in [1.82, 2.24) is 5.32 Å². The van der Waals surface area contributed by atoms with Gasteiger partial charge in [0.25, 0.3) is 0 Å². The number of hydrogen-bond acceptors (Lipinski definition) is 2. The third kappa shape index (κ3) is 0.955. The van der Waals surface area contributed by atoms with Crippen molar-refractivity contribution < 1.29 is 0 Å². The predicted octanol–water partition coefficient (Wildman–Crippen LogP) is 0.119. The normalized spacial score (nSPS) is 47.0. The molecule has 2 fully saturated rings. The molecule has 0 bridgehead atoms. The van der Waals surface area contributed by atoms with Gasteiger partial charge in [-0.2, -0.15) is 0 Å². The van der Waals surface area contributed by atoms with Gasteiger partial charge < -0.3 is 11.1 Å². The number of nitrogens with one attached hydrogen (secondary N) is 1. The largest absolute Gasteiger partial charge is 0.327 e. The van der Waals surface area contributed by atoms with E-state index in [9.17, 15) is 0 Å². The van der Waals surface area contributed by atoms with E-state index < -0.39 is 0 Å². The third-order valence-electron chi connectivity index (χ3n) is 2.53. The minimum Gasteiger partial charge on any atom is -0.327 e. The molecule has 2 aliphatic rings. The topological polar surface area (TPSA) is 38.0 Å². The average Bonchev–Trinajstić information content (AvgIpc) is 2.29. The van der Waals surface area contributed by atoms with Gasteiger partial charge in [0, 0.05) is 18.0 Å². The summed E-state index contributed by atoms with van der Waals surface area (Å²) >= 11 is 0. The highest BCUT2D eigenvalue weighted by molar-refractivity contribution is 5.85. The van der Waals surface area contributed by atoms with Crippen LogP contribution in [0.4, 0.5) is 0 Å². The Kier molecular flexibility index (Phi) is 1.72. The molecule has 1 heterocycles. The number of nitrogens with two attached hydrogens (primary N) is 1. The van der Waals surface area contributed by atoms with E-state index in [-0.39, 0.29) is 12.4 Å². The number of halogens is 1. The van der Waals surface area contributed by atoms with E-state index in [0.717, 1.165) is 0 Å². The maximum absolute atomic E-state index is 5.72. The van der Waals surface area contributed by atoms with Crippen LogP contribution >= 0.6 is 12.4 Å². The van der Waals surface area contributed by atoms with Gasteiger partial charge in [0.2, 0.25) is 0 Å². The van der Waals surface area contributed by atoms with Gasteiger partial charge in [-0.3, -0.25) is 0 Å². The first-order valence-corrected chi connectivity index (χ1v) is 3.30. The minimum absolute atomic E-state index is 0. The summed E-state index contributed by atoms with van der Waals surface area (Å²) in [7, 11) is 0. The fraction of sp³-hybridized carbons (Fsp3) is 1.00. The molecule has 0 aromatic carbocycles. The van der Waals surface area contributed by atoms with Crippen LogP contribution in [0.15, 0.2) is 0 Å². The van der Waals surface area contributed by atoms with Gasteiger partial charge >= 0.3 is 0 Å². The van der Waals surface area contributed by atoms with Crippen LogP contribution in [-0.4, -0.2) is 19.1 Å². The third-order valence-corrected chi connectivity index (χ3v) is 2.53. The zero-order valence-corrected chi connectivity index (χ0v) is 6.21. The Morgan fingerprint density at radius 2 is 2.22 bits per heavy atom. The quantitative estimate of drug-likeness (QED) is 0.512. The van der Waals surface area contributed by atoms with Crippen molar-refractivity contribution in [3.8, 4) is 0 Å². The summed E-state index contributed by atoms with van der Waals surface area (Å²) in [6.07, 6.45) is 2.58. The lowest BCUT2D eigenvalue weighted by molar-refractivity contribution is 0.547. The van der Waals surface area contributed by atoms with E-state index in [4.69, 9.17) is 5.73 Å². The first kappa shape index (κ1) is 7.32. The number of rotatable bonds is 0. The van der Waals surface area contributed by atoms with E-state index in [2.05, 4.69) is 5.32 Å². The first-order chi connectivity index (χ1) is 3.83. The van der Waals surface area contributed by atoms with Gasteiger partial charge in [-0.15, -0.1) is 12.4 Å². The van der Waals surface area contributed by atoms with Crippen LogP contribution in [-0.2, 0) is 0 Å². The molecule has 2 rings (SSSR count). The smallest absolute Gasteiger partial charge is 0.0115 e. The zero-order chi connectivity index (χ0) is 5.61. The SMILES string of the molecule is Cl.N[C@H]1C[C@]12CCNC2. The maximum Gasteiger partial charge on any atom is 0.0115 e. The average molecular weight is 149 g/mol. The van der Waals surface area contributed by atoms with Crippen LogP contribution in [0.2, 0.25) is 0 Å². The molecule has 0 aromatic heterocycles. The molecule has 9 heavy (non-hydrogen) atoms. The second-order valence-electron chi connectivity index (χ2n) is 3.10. The lowest BCUT2D eigenvalue weighted by Crippen LogP contribution is -2.16. The van der Waals surface area contributed by atoms with Crippen molar-refractivity contribution >= 4 is 12.4 Å². The van der Waals surface area contributed by atoms with Crippen LogP contribution in [0.25, 0.3) is 0 Å². The number of hydrogen-bond donors (Lipinski definition) is 2. The molecule has 1 saturated heterocycles. The monoisotopic (exact) mass is 148 g/mol. The van der Waals surface area contributed by atoms with E-state index in [0.29, 0.717) is 11.5 Å². The molecule has 1 aliphatic heterocycles. The molecule has 0 aromatic rings. The lowest BCUT2D eigenvalue weighted by Gasteiger charge is -2.00. The molecule has 1 aliphatic carbocycles. The molecule has 54 valence electrons. The molecule has 3 heteroatoms. The molecule has 3 N–H and O–H groups in total. The fourth-order valence-corrected chi connectivity index (χ4v) is 1.63. The minimum atomic E-state index is 0. The van der Waals surface area contributed by atoms with Gasteiger partial charge in [-0.25, -0.2) is 0 Å². The van der Waals surface area contributed by atoms with Crippen molar-refractivity contribution in [2.75, 3.05) is 13.1 Å². The van der Waals surface area contributed by atoms with Crippen LogP contribution in [0.1, 0.15) is 12.8 Å². The molecular formula is C6H13ClN2. The van der Waals surface area contributed by atoms with Gasteiger partial charge in [-0.1, -0.05) is 0 Å². The van der Waals surface area contributed by atoms with E-state index in [1.54, 1.807) is 0 Å². The van der Waals surface area contributed by atoms with Crippen molar-refractivity contribution in [3.63, 3.8) is 0 Å². The lowest BCUT2D eigenvalue weighted by atomic mass is 10.1. The Bertz CT molecular complexity index is 110. The highest BCUT2D eigenvalue weighted by Crippen LogP contribution is 2.48. The van der Waals surface area contributed by atoms with Crippen molar-refractivity contribution in [3.05, 3.63) is 0 Å². The summed E-state index contributed by atoms with van der Waals surface area (Å²) in [5, 5.41) is 3.33. The first-order valence-electron chi connectivity index (χ1n) is 3.30. The van der Waals surface area contributed by atoms with Crippen LogP contribution < -0.4 is 11.1 Å². The standard InChI is InChI=1S/C6H12N2.ClH/c7-5-3-6(5)1-2-8-4-6;/h5,8H,1-4,7H2;1H/t5-,6-;/m0./s1. The molecule has 0 radical (unpaired) electrons. The molecule has 2 atom stereocenters. The Labute approximate surface area is 61.6 Å². The Morgan fingerprint density at radius 1 is 1.56 bits per heavy atom. The molecule has 1 saturated carbocycles. The Hall–Kier alpha value is 0.210. The van der Waals surface area contributed by atoms with Gasteiger partial charge in [0.1, 0.15) is 0 Å². The Morgan fingerprint density at radius 3 is 2.44 bits per heavy atom. The maximum atomic E-state index is 5.72. The highest BCUT2D eigenvalue weighted by atomic mass is 35.5. The van der Waals surface area contributed by atoms with Gasteiger partial charge in [0.05, 0.1) is 0 Å². The summed E-state index contributed by atoms with van der Waals surface area (Å²) in [4.78, 5) is 0. The summed E-state index contributed by atoms with van der Waals surface area (Å²) in [5.41, 5.74) is 6.29. The Balaban J connectivity index is 0.000000405. The van der Waals surface area contributed by atoms with Gasteiger partial charge in [0.15, 0.2) is 0 Å².